The number of hydrogen-bond acceptors (Lipinski definition) is 3. The molecule has 5 heteroatoms. The van der Waals surface area contributed by atoms with Gasteiger partial charge in [0, 0.05) is 17.2 Å². The van der Waals surface area contributed by atoms with Crippen molar-refractivity contribution in [3.05, 3.63) is 29.8 Å². The maximum atomic E-state index is 12.9. The fraction of sp³-hybridized carbons (Fsp3) is 0.538. The standard InChI is InChI=1S/C13H19F2NOS/c1-9(2)6-16-7-10(17)8-18-11-3-4-12(14)13(15)5-11/h3-5,9-10,16-17H,6-8H2,1-2H3. The number of thioether (sulfide) groups is 1. The zero-order valence-electron chi connectivity index (χ0n) is 10.6. The van der Waals surface area contributed by atoms with E-state index in [1.807, 2.05) is 0 Å². The molecule has 0 aliphatic rings. The fourth-order valence-corrected chi connectivity index (χ4v) is 2.21. The van der Waals surface area contributed by atoms with Crippen molar-refractivity contribution in [1.29, 1.82) is 0 Å². The Labute approximate surface area is 111 Å². The van der Waals surface area contributed by atoms with Gasteiger partial charge in [0.2, 0.25) is 0 Å². The van der Waals surface area contributed by atoms with Crippen molar-refractivity contribution in [2.45, 2.75) is 24.8 Å². The molecule has 0 bridgehead atoms. The summed E-state index contributed by atoms with van der Waals surface area (Å²) in [5.41, 5.74) is 0. The summed E-state index contributed by atoms with van der Waals surface area (Å²) in [7, 11) is 0. The molecule has 1 unspecified atom stereocenters. The lowest BCUT2D eigenvalue weighted by molar-refractivity contribution is 0.194. The number of aliphatic hydroxyl groups excluding tert-OH is 1. The highest BCUT2D eigenvalue weighted by atomic mass is 32.2. The monoisotopic (exact) mass is 275 g/mol. The minimum atomic E-state index is -0.854. The van der Waals surface area contributed by atoms with Gasteiger partial charge < -0.3 is 10.4 Å². The summed E-state index contributed by atoms with van der Waals surface area (Å²) in [5, 5.41) is 12.8. The van der Waals surface area contributed by atoms with Crippen LogP contribution < -0.4 is 5.32 Å². The average molecular weight is 275 g/mol. The van der Waals surface area contributed by atoms with Crippen molar-refractivity contribution in [3.8, 4) is 0 Å². The highest BCUT2D eigenvalue weighted by molar-refractivity contribution is 7.99. The van der Waals surface area contributed by atoms with Crippen molar-refractivity contribution in [3.63, 3.8) is 0 Å². The Balaban J connectivity index is 2.29. The van der Waals surface area contributed by atoms with Gasteiger partial charge in [-0.25, -0.2) is 8.78 Å². The molecule has 0 radical (unpaired) electrons. The summed E-state index contributed by atoms with van der Waals surface area (Å²) in [6.45, 7) is 5.55. The van der Waals surface area contributed by atoms with Crippen molar-refractivity contribution in [2.75, 3.05) is 18.8 Å². The van der Waals surface area contributed by atoms with Crippen LogP contribution in [-0.4, -0.2) is 30.1 Å². The lowest BCUT2D eigenvalue weighted by atomic mass is 10.2. The van der Waals surface area contributed by atoms with Gasteiger partial charge in [-0.3, -0.25) is 0 Å². The summed E-state index contributed by atoms with van der Waals surface area (Å²) in [5.74, 6) is -0.710. The van der Waals surface area contributed by atoms with E-state index >= 15 is 0 Å². The largest absolute Gasteiger partial charge is 0.391 e. The molecule has 0 spiro atoms. The molecule has 1 atom stereocenters. The molecule has 2 N–H and O–H groups in total. The number of rotatable bonds is 7. The molecule has 0 aliphatic heterocycles. The summed E-state index contributed by atoms with van der Waals surface area (Å²) < 4.78 is 25.6. The molecule has 0 fully saturated rings. The van der Waals surface area contributed by atoms with Crippen LogP contribution >= 0.6 is 11.8 Å². The van der Waals surface area contributed by atoms with E-state index < -0.39 is 17.7 Å². The van der Waals surface area contributed by atoms with E-state index in [4.69, 9.17) is 0 Å². The first kappa shape index (κ1) is 15.4. The van der Waals surface area contributed by atoms with Crippen LogP contribution in [0.3, 0.4) is 0 Å². The van der Waals surface area contributed by atoms with Crippen molar-refractivity contribution < 1.29 is 13.9 Å². The molecular formula is C13H19F2NOS. The molecule has 0 aliphatic carbocycles. The Hall–Kier alpha value is -0.650. The summed E-state index contributed by atoms with van der Waals surface area (Å²) in [6.07, 6.45) is -0.498. The number of nitrogens with one attached hydrogen (secondary N) is 1. The first-order chi connectivity index (χ1) is 8.49. The number of benzene rings is 1. The minimum absolute atomic E-state index is 0.455. The molecule has 0 aromatic heterocycles. The van der Waals surface area contributed by atoms with Crippen LogP contribution in [0.1, 0.15) is 13.8 Å². The number of aliphatic hydroxyl groups is 1. The minimum Gasteiger partial charge on any atom is -0.391 e. The van der Waals surface area contributed by atoms with Gasteiger partial charge in [-0.1, -0.05) is 13.8 Å². The molecule has 1 aromatic rings. The van der Waals surface area contributed by atoms with E-state index in [1.165, 1.54) is 17.8 Å². The van der Waals surface area contributed by atoms with Gasteiger partial charge in [0.1, 0.15) is 0 Å². The molecule has 0 saturated carbocycles. The van der Waals surface area contributed by atoms with Gasteiger partial charge in [0.05, 0.1) is 6.10 Å². The number of halogens is 2. The highest BCUT2D eigenvalue weighted by Gasteiger charge is 2.07. The molecule has 2 nitrogen and oxygen atoms in total. The van der Waals surface area contributed by atoms with E-state index in [0.717, 1.165) is 18.7 Å². The van der Waals surface area contributed by atoms with Crippen LogP contribution in [0.15, 0.2) is 23.1 Å². The lowest BCUT2D eigenvalue weighted by Crippen LogP contribution is -2.30. The van der Waals surface area contributed by atoms with Crippen LogP contribution in [0.2, 0.25) is 0 Å². The van der Waals surface area contributed by atoms with Gasteiger partial charge in [0.25, 0.3) is 0 Å². The van der Waals surface area contributed by atoms with Crippen molar-refractivity contribution in [2.24, 2.45) is 5.92 Å². The van der Waals surface area contributed by atoms with Gasteiger partial charge in [-0.05, 0) is 30.7 Å². The van der Waals surface area contributed by atoms with E-state index in [2.05, 4.69) is 19.2 Å². The second-order valence-electron chi connectivity index (χ2n) is 4.59. The molecule has 0 amide bonds. The Morgan fingerprint density at radius 2 is 1.94 bits per heavy atom. The van der Waals surface area contributed by atoms with E-state index in [1.54, 1.807) is 0 Å². The second-order valence-corrected chi connectivity index (χ2v) is 5.69. The van der Waals surface area contributed by atoms with E-state index in [0.29, 0.717) is 23.1 Å². The molecule has 102 valence electrons. The van der Waals surface area contributed by atoms with Crippen molar-refractivity contribution >= 4 is 11.8 Å². The highest BCUT2D eigenvalue weighted by Crippen LogP contribution is 2.20. The third-order valence-corrected chi connectivity index (χ3v) is 3.40. The second kappa shape index (κ2) is 7.71. The molecule has 0 saturated heterocycles. The van der Waals surface area contributed by atoms with E-state index in [-0.39, 0.29) is 0 Å². The third kappa shape index (κ3) is 5.80. The van der Waals surface area contributed by atoms with Gasteiger partial charge >= 0.3 is 0 Å². The topological polar surface area (TPSA) is 32.3 Å². The first-order valence-corrected chi connectivity index (χ1v) is 6.94. The van der Waals surface area contributed by atoms with E-state index in [9.17, 15) is 13.9 Å². The smallest absolute Gasteiger partial charge is 0.159 e. The molecule has 18 heavy (non-hydrogen) atoms. The Bertz CT molecular complexity index is 374. The fourth-order valence-electron chi connectivity index (χ4n) is 1.36. The Kier molecular flexibility index (Phi) is 6.60. The molecule has 1 rings (SSSR count). The Morgan fingerprint density at radius 1 is 1.22 bits per heavy atom. The quantitative estimate of drug-likeness (QED) is 0.750. The number of hydrogen-bond donors (Lipinski definition) is 2. The molecular weight excluding hydrogens is 256 g/mol. The van der Waals surface area contributed by atoms with Crippen LogP contribution in [0.5, 0.6) is 0 Å². The Morgan fingerprint density at radius 3 is 2.56 bits per heavy atom. The van der Waals surface area contributed by atoms with Crippen LogP contribution in [-0.2, 0) is 0 Å². The first-order valence-electron chi connectivity index (χ1n) is 5.95. The SMILES string of the molecule is CC(C)CNCC(O)CSc1ccc(F)c(F)c1. The van der Waals surface area contributed by atoms with Gasteiger partial charge in [-0.2, -0.15) is 0 Å². The predicted molar refractivity (Wildman–Crippen MR) is 70.8 cm³/mol. The average Bonchev–Trinajstić information content (AvgIpc) is 2.30. The van der Waals surface area contributed by atoms with Crippen LogP contribution in [0.4, 0.5) is 8.78 Å². The van der Waals surface area contributed by atoms with Crippen molar-refractivity contribution in [1.82, 2.24) is 5.32 Å². The predicted octanol–water partition coefficient (Wildman–Crippen LogP) is 2.66. The lowest BCUT2D eigenvalue weighted by Gasteiger charge is -2.12. The normalized spacial score (nSPS) is 13.0. The van der Waals surface area contributed by atoms with Crippen LogP contribution in [0, 0.1) is 17.6 Å². The zero-order chi connectivity index (χ0) is 13.5. The zero-order valence-corrected chi connectivity index (χ0v) is 11.4. The summed E-state index contributed by atoms with van der Waals surface area (Å²) in [4.78, 5) is 0.622. The summed E-state index contributed by atoms with van der Waals surface area (Å²) in [6, 6.07) is 3.76. The maximum absolute atomic E-state index is 12.9. The van der Waals surface area contributed by atoms with Crippen LogP contribution in [0.25, 0.3) is 0 Å². The molecule has 1 aromatic carbocycles. The molecule has 0 heterocycles. The third-order valence-electron chi connectivity index (χ3n) is 2.27. The van der Waals surface area contributed by atoms with Gasteiger partial charge in [-0.15, -0.1) is 11.8 Å². The van der Waals surface area contributed by atoms with Gasteiger partial charge in [0.15, 0.2) is 11.6 Å². The maximum Gasteiger partial charge on any atom is 0.159 e. The summed E-state index contributed by atoms with van der Waals surface area (Å²) >= 11 is 1.31.